The fourth-order valence-corrected chi connectivity index (χ4v) is 4.45. The Morgan fingerprint density at radius 3 is 2.23 bits per heavy atom. The highest BCUT2D eigenvalue weighted by Crippen LogP contribution is 2.37. The molecule has 1 aliphatic rings. The molecule has 0 fully saturated rings. The average molecular weight is 436 g/mol. The predicted molar refractivity (Wildman–Crippen MR) is 120 cm³/mol. The quantitative estimate of drug-likeness (QED) is 0.564. The van der Waals surface area contributed by atoms with E-state index in [2.05, 4.69) is 15.4 Å². The second-order valence-corrected chi connectivity index (χ2v) is 9.47. The molecule has 0 unspecified atom stereocenters. The first-order valence-electron chi connectivity index (χ1n) is 9.62. The van der Waals surface area contributed by atoms with Crippen molar-refractivity contribution in [3.05, 3.63) is 83.9 Å². The minimum atomic E-state index is -3.68. The lowest BCUT2D eigenvalue weighted by Crippen LogP contribution is -2.26. The molecule has 3 aromatic carbocycles. The Balaban J connectivity index is 1.46. The van der Waals surface area contributed by atoms with Crippen LogP contribution in [0.2, 0.25) is 0 Å². The lowest BCUT2D eigenvalue weighted by Gasteiger charge is -2.15. The van der Waals surface area contributed by atoms with Crippen LogP contribution in [0.1, 0.15) is 29.8 Å². The average Bonchev–Trinajstić information content (AvgIpc) is 2.98. The maximum atomic E-state index is 12.6. The number of amides is 2. The summed E-state index contributed by atoms with van der Waals surface area (Å²) in [5, 5.41) is 5.58. The van der Waals surface area contributed by atoms with Crippen molar-refractivity contribution >= 4 is 38.9 Å². The number of hydrogen-bond donors (Lipinski definition) is 3. The van der Waals surface area contributed by atoms with Gasteiger partial charge in [-0.1, -0.05) is 24.3 Å². The molecule has 0 radical (unpaired) electrons. The molecule has 31 heavy (non-hydrogen) atoms. The molecular formula is C23H21N3O4S. The van der Waals surface area contributed by atoms with Gasteiger partial charge in [0.2, 0.25) is 5.91 Å². The second-order valence-electron chi connectivity index (χ2n) is 7.79. The van der Waals surface area contributed by atoms with Crippen molar-refractivity contribution < 1.29 is 18.0 Å². The molecule has 0 aromatic heterocycles. The van der Waals surface area contributed by atoms with E-state index in [1.54, 1.807) is 60.7 Å². The number of carbonyl (C=O) groups excluding carboxylic acids is 2. The lowest BCUT2D eigenvalue weighted by atomic mass is 9.86. The summed E-state index contributed by atoms with van der Waals surface area (Å²) in [6.07, 6.45) is 0. The Morgan fingerprint density at radius 2 is 1.55 bits per heavy atom. The van der Waals surface area contributed by atoms with Gasteiger partial charge in [0, 0.05) is 22.6 Å². The third-order valence-corrected chi connectivity index (χ3v) is 6.62. The van der Waals surface area contributed by atoms with Crippen molar-refractivity contribution in [2.75, 3.05) is 15.4 Å². The molecule has 0 saturated heterocycles. The van der Waals surface area contributed by atoms with Gasteiger partial charge in [-0.3, -0.25) is 14.3 Å². The molecule has 3 N–H and O–H groups in total. The summed E-state index contributed by atoms with van der Waals surface area (Å²) >= 11 is 0. The van der Waals surface area contributed by atoms with E-state index in [1.165, 1.54) is 12.1 Å². The van der Waals surface area contributed by atoms with Gasteiger partial charge < -0.3 is 10.6 Å². The fourth-order valence-electron chi connectivity index (χ4n) is 3.37. The van der Waals surface area contributed by atoms with Crippen LogP contribution in [0.3, 0.4) is 0 Å². The summed E-state index contributed by atoms with van der Waals surface area (Å²) in [4.78, 5) is 24.9. The van der Waals surface area contributed by atoms with Gasteiger partial charge in [0.05, 0.1) is 10.3 Å². The molecule has 0 bridgehead atoms. The highest BCUT2D eigenvalue weighted by molar-refractivity contribution is 7.92. The predicted octanol–water partition coefficient (Wildman–Crippen LogP) is 3.97. The normalized spacial score (nSPS) is 14.5. The van der Waals surface area contributed by atoms with E-state index in [9.17, 15) is 18.0 Å². The molecular weight excluding hydrogens is 414 g/mol. The number of nitrogens with one attached hydrogen (secondary N) is 3. The maximum absolute atomic E-state index is 12.6. The molecule has 2 amide bonds. The Hall–Kier alpha value is -3.65. The monoisotopic (exact) mass is 435 g/mol. The molecule has 7 nitrogen and oxygen atoms in total. The van der Waals surface area contributed by atoms with Crippen LogP contribution in [0.4, 0.5) is 17.1 Å². The van der Waals surface area contributed by atoms with Gasteiger partial charge in [0.25, 0.3) is 15.9 Å². The van der Waals surface area contributed by atoms with Gasteiger partial charge in [0.1, 0.15) is 0 Å². The van der Waals surface area contributed by atoms with Gasteiger partial charge >= 0.3 is 0 Å². The van der Waals surface area contributed by atoms with E-state index in [4.69, 9.17) is 0 Å². The van der Waals surface area contributed by atoms with Crippen molar-refractivity contribution in [3.63, 3.8) is 0 Å². The standard InChI is InChI=1S/C23H21N3O4S/c1-23(2)19-13-8-15(14-20(19)25-22(23)28)21(27)24-16-9-11-17(12-10-16)26-31(29,30)18-6-4-3-5-7-18/h3-14,26H,1-2H3,(H,24,27)(H,25,28). The van der Waals surface area contributed by atoms with E-state index < -0.39 is 15.4 Å². The largest absolute Gasteiger partial charge is 0.325 e. The smallest absolute Gasteiger partial charge is 0.261 e. The topological polar surface area (TPSA) is 104 Å². The molecule has 0 aliphatic carbocycles. The van der Waals surface area contributed by atoms with Crippen LogP contribution in [0, 0.1) is 0 Å². The van der Waals surface area contributed by atoms with Crippen molar-refractivity contribution in [1.29, 1.82) is 0 Å². The molecule has 0 saturated carbocycles. The van der Waals surface area contributed by atoms with Crippen LogP contribution in [0.25, 0.3) is 0 Å². The first-order valence-corrected chi connectivity index (χ1v) is 11.1. The summed E-state index contributed by atoms with van der Waals surface area (Å²) < 4.78 is 27.3. The first-order chi connectivity index (χ1) is 14.7. The molecule has 8 heteroatoms. The van der Waals surface area contributed by atoms with Crippen LogP contribution in [0.5, 0.6) is 0 Å². The zero-order chi connectivity index (χ0) is 22.2. The third-order valence-electron chi connectivity index (χ3n) is 5.22. The van der Waals surface area contributed by atoms with Crippen LogP contribution in [-0.4, -0.2) is 20.2 Å². The number of anilines is 3. The lowest BCUT2D eigenvalue weighted by molar-refractivity contribution is -0.119. The van der Waals surface area contributed by atoms with E-state index in [-0.39, 0.29) is 16.7 Å². The number of sulfonamides is 1. The molecule has 1 aliphatic heterocycles. The van der Waals surface area contributed by atoms with Crippen LogP contribution in [-0.2, 0) is 20.2 Å². The minimum Gasteiger partial charge on any atom is -0.325 e. The van der Waals surface area contributed by atoms with Crippen LogP contribution >= 0.6 is 0 Å². The Bertz CT molecular complexity index is 1270. The number of benzene rings is 3. The van der Waals surface area contributed by atoms with Gasteiger partial charge in [-0.2, -0.15) is 0 Å². The maximum Gasteiger partial charge on any atom is 0.261 e. The van der Waals surface area contributed by atoms with Crippen molar-refractivity contribution in [3.8, 4) is 0 Å². The van der Waals surface area contributed by atoms with Gasteiger partial charge in [-0.25, -0.2) is 8.42 Å². The van der Waals surface area contributed by atoms with Crippen molar-refractivity contribution in [1.82, 2.24) is 0 Å². The van der Waals surface area contributed by atoms with Crippen molar-refractivity contribution in [2.24, 2.45) is 0 Å². The number of hydrogen-bond acceptors (Lipinski definition) is 4. The summed E-state index contributed by atoms with van der Waals surface area (Å²) in [7, 11) is -3.68. The van der Waals surface area contributed by atoms with E-state index in [0.29, 0.717) is 22.6 Å². The molecule has 3 aromatic rings. The van der Waals surface area contributed by atoms with Gasteiger partial charge in [-0.05, 0) is 67.9 Å². The van der Waals surface area contributed by atoms with E-state index in [0.717, 1.165) is 5.56 Å². The second kappa shape index (κ2) is 7.55. The summed E-state index contributed by atoms with van der Waals surface area (Å²) in [6, 6.07) is 19.5. The van der Waals surface area contributed by atoms with Gasteiger partial charge in [-0.15, -0.1) is 0 Å². The number of rotatable bonds is 5. The zero-order valence-electron chi connectivity index (χ0n) is 17.0. The van der Waals surface area contributed by atoms with E-state index in [1.807, 2.05) is 13.8 Å². The molecule has 4 rings (SSSR count). The summed E-state index contributed by atoms with van der Waals surface area (Å²) in [6.45, 7) is 3.67. The van der Waals surface area contributed by atoms with Crippen molar-refractivity contribution in [2.45, 2.75) is 24.2 Å². The SMILES string of the molecule is CC1(C)C(=O)Nc2cc(C(=O)Nc3ccc(NS(=O)(=O)c4ccccc4)cc3)ccc21. The van der Waals surface area contributed by atoms with Crippen LogP contribution in [0.15, 0.2) is 77.7 Å². The molecule has 158 valence electrons. The zero-order valence-corrected chi connectivity index (χ0v) is 17.8. The third kappa shape index (κ3) is 4.02. The Morgan fingerprint density at radius 1 is 0.903 bits per heavy atom. The van der Waals surface area contributed by atoms with Gasteiger partial charge in [0.15, 0.2) is 0 Å². The molecule has 0 spiro atoms. The Labute approximate surface area is 180 Å². The minimum absolute atomic E-state index is 0.103. The first kappa shape index (κ1) is 20.6. The molecule has 1 heterocycles. The summed E-state index contributed by atoms with van der Waals surface area (Å²) in [5.74, 6) is -0.437. The highest BCUT2D eigenvalue weighted by atomic mass is 32.2. The number of fused-ring (bicyclic) bond motifs is 1. The summed E-state index contributed by atoms with van der Waals surface area (Å²) in [5.41, 5.74) is 2.15. The molecule has 0 atom stereocenters. The Kier molecular flexibility index (Phi) is 5.02. The van der Waals surface area contributed by atoms with Crippen LogP contribution < -0.4 is 15.4 Å². The highest BCUT2D eigenvalue weighted by Gasteiger charge is 2.38. The fraction of sp³-hybridized carbons (Fsp3) is 0.130. The number of carbonyl (C=O) groups is 2. The van der Waals surface area contributed by atoms with E-state index >= 15 is 0 Å².